The van der Waals surface area contributed by atoms with Gasteiger partial charge in [0.05, 0.1) is 6.54 Å². The summed E-state index contributed by atoms with van der Waals surface area (Å²) in [5, 5.41) is 11.5. The molecule has 1 aliphatic rings. The van der Waals surface area contributed by atoms with Crippen LogP contribution in [0, 0.1) is 11.6 Å². The smallest absolute Gasteiger partial charge is 0.137 e. The van der Waals surface area contributed by atoms with Crippen molar-refractivity contribution in [2.75, 3.05) is 13.2 Å². The lowest BCUT2D eigenvalue weighted by atomic mass is 9.96. The molecule has 1 aliphatic carbocycles. The lowest BCUT2D eigenvalue weighted by Gasteiger charge is -2.22. The van der Waals surface area contributed by atoms with Crippen molar-refractivity contribution >= 4 is 5.71 Å². The number of hydrogen-bond acceptors (Lipinski definition) is 5. The molecule has 0 saturated heterocycles. The van der Waals surface area contributed by atoms with E-state index in [1.807, 2.05) is 0 Å². The van der Waals surface area contributed by atoms with Crippen LogP contribution in [-0.2, 0) is 11.4 Å². The highest BCUT2D eigenvalue weighted by Crippen LogP contribution is 2.17. The summed E-state index contributed by atoms with van der Waals surface area (Å²) in [6.07, 6.45) is 9.12. The SMILES string of the molecule is Fc1ccc(/C(Cn2cncn2)=N\OCCNC2CCCCC2)c(F)c1. The lowest BCUT2D eigenvalue weighted by molar-refractivity contribution is 0.141. The predicted molar refractivity (Wildman–Crippen MR) is 93.7 cm³/mol. The number of benzene rings is 1. The molecule has 0 aliphatic heterocycles. The third-order valence-corrected chi connectivity index (χ3v) is 4.43. The van der Waals surface area contributed by atoms with Crippen molar-refractivity contribution in [1.82, 2.24) is 20.1 Å². The summed E-state index contributed by atoms with van der Waals surface area (Å²) < 4.78 is 28.8. The minimum atomic E-state index is -0.687. The zero-order valence-electron chi connectivity index (χ0n) is 14.6. The molecular weight excluding hydrogens is 340 g/mol. The van der Waals surface area contributed by atoms with Gasteiger partial charge in [-0.15, -0.1) is 0 Å². The molecule has 0 amide bonds. The van der Waals surface area contributed by atoms with Gasteiger partial charge in [0.1, 0.15) is 36.6 Å². The number of oxime groups is 1. The van der Waals surface area contributed by atoms with Crippen LogP contribution < -0.4 is 5.32 Å². The van der Waals surface area contributed by atoms with Gasteiger partial charge in [0.2, 0.25) is 0 Å². The van der Waals surface area contributed by atoms with Crippen LogP contribution in [0.4, 0.5) is 8.78 Å². The van der Waals surface area contributed by atoms with Crippen LogP contribution in [0.15, 0.2) is 36.0 Å². The minimum absolute atomic E-state index is 0.179. The molecule has 0 atom stereocenters. The maximum absolute atomic E-state index is 14.1. The van der Waals surface area contributed by atoms with Gasteiger partial charge in [-0.3, -0.25) is 0 Å². The van der Waals surface area contributed by atoms with Crippen LogP contribution in [0.1, 0.15) is 37.7 Å². The second-order valence-corrected chi connectivity index (χ2v) is 6.38. The van der Waals surface area contributed by atoms with Crippen LogP contribution in [0.25, 0.3) is 0 Å². The van der Waals surface area contributed by atoms with Crippen LogP contribution in [0.3, 0.4) is 0 Å². The van der Waals surface area contributed by atoms with Crippen molar-refractivity contribution in [3.63, 3.8) is 0 Å². The predicted octanol–water partition coefficient (Wildman–Crippen LogP) is 2.90. The minimum Gasteiger partial charge on any atom is -0.394 e. The van der Waals surface area contributed by atoms with E-state index in [4.69, 9.17) is 4.84 Å². The van der Waals surface area contributed by atoms with E-state index in [-0.39, 0.29) is 12.1 Å². The first-order valence-electron chi connectivity index (χ1n) is 8.92. The van der Waals surface area contributed by atoms with Crippen LogP contribution in [0.2, 0.25) is 0 Å². The fourth-order valence-electron chi connectivity index (χ4n) is 3.09. The number of hydrogen-bond donors (Lipinski definition) is 1. The third kappa shape index (κ3) is 5.32. The van der Waals surface area contributed by atoms with Gasteiger partial charge in [-0.05, 0) is 25.0 Å². The highest BCUT2D eigenvalue weighted by Gasteiger charge is 2.14. The molecule has 8 heteroatoms. The molecule has 0 bridgehead atoms. The molecule has 6 nitrogen and oxygen atoms in total. The molecule has 1 saturated carbocycles. The number of halogens is 2. The summed E-state index contributed by atoms with van der Waals surface area (Å²) >= 11 is 0. The first kappa shape index (κ1) is 18.4. The van der Waals surface area contributed by atoms with Gasteiger partial charge >= 0.3 is 0 Å². The number of nitrogens with zero attached hydrogens (tertiary/aromatic N) is 4. The molecule has 1 fully saturated rings. The molecule has 0 spiro atoms. The monoisotopic (exact) mass is 363 g/mol. The Morgan fingerprint density at radius 2 is 2.12 bits per heavy atom. The number of aromatic nitrogens is 3. The molecule has 2 aromatic rings. The molecule has 1 aromatic heterocycles. The first-order valence-corrected chi connectivity index (χ1v) is 8.92. The number of rotatable bonds is 8. The highest BCUT2D eigenvalue weighted by atomic mass is 19.1. The summed E-state index contributed by atoms with van der Waals surface area (Å²) in [5.41, 5.74) is 0.507. The molecular formula is C18H23F2N5O. The van der Waals surface area contributed by atoms with E-state index >= 15 is 0 Å². The van der Waals surface area contributed by atoms with Gasteiger partial charge < -0.3 is 10.2 Å². The Morgan fingerprint density at radius 3 is 2.85 bits per heavy atom. The Morgan fingerprint density at radius 1 is 1.27 bits per heavy atom. The van der Waals surface area contributed by atoms with Gasteiger partial charge in [-0.25, -0.2) is 18.4 Å². The third-order valence-electron chi connectivity index (χ3n) is 4.43. The van der Waals surface area contributed by atoms with Crippen LogP contribution in [0.5, 0.6) is 0 Å². The fourth-order valence-corrected chi connectivity index (χ4v) is 3.09. The summed E-state index contributed by atoms with van der Waals surface area (Å²) in [6, 6.07) is 3.92. The zero-order chi connectivity index (χ0) is 18.2. The second-order valence-electron chi connectivity index (χ2n) is 6.38. The summed E-state index contributed by atoms with van der Waals surface area (Å²) in [7, 11) is 0. The molecule has 26 heavy (non-hydrogen) atoms. The fraction of sp³-hybridized carbons (Fsp3) is 0.500. The van der Waals surface area contributed by atoms with Gasteiger partial charge in [0.25, 0.3) is 0 Å². The molecule has 0 unspecified atom stereocenters. The Bertz CT molecular complexity index is 714. The van der Waals surface area contributed by atoms with Gasteiger partial charge in [-0.2, -0.15) is 5.10 Å². The van der Waals surface area contributed by atoms with Crippen molar-refractivity contribution in [1.29, 1.82) is 0 Å². The van der Waals surface area contributed by atoms with E-state index in [9.17, 15) is 8.78 Å². The second kappa shape index (κ2) is 9.38. The quantitative estimate of drug-likeness (QED) is 0.445. The van der Waals surface area contributed by atoms with E-state index in [1.54, 1.807) is 0 Å². The lowest BCUT2D eigenvalue weighted by Crippen LogP contribution is -2.33. The molecule has 1 heterocycles. The van der Waals surface area contributed by atoms with Gasteiger partial charge in [0.15, 0.2) is 0 Å². The average molecular weight is 363 g/mol. The summed E-state index contributed by atoms with van der Waals surface area (Å²) in [5.74, 6) is -1.32. The molecule has 1 aromatic carbocycles. The largest absolute Gasteiger partial charge is 0.394 e. The maximum atomic E-state index is 14.1. The van der Waals surface area contributed by atoms with Crippen molar-refractivity contribution < 1.29 is 13.6 Å². The topological polar surface area (TPSA) is 64.3 Å². The molecule has 3 rings (SSSR count). The first-order chi connectivity index (χ1) is 12.7. The Kier molecular flexibility index (Phi) is 6.65. The zero-order valence-corrected chi connectivity index (χ0v) is 14.6. The van der Waals surface area contributed by atoms with Crippen molar-refractivity contribution in [2.24, 2.45) is 5.16 Å². The highest BCUT2D eigenvalue weighted by molar-refractivity contribution is 6.00. The Balaban J connectivity index is 1.60. The molecule has 0 radical (unpaired) electrons. The van der Waals surface area contributed by atoms with Crippen molar-refractivity contribution in [3.05, 3.63) is 48.1 Å². The van der Waals surface area contributed by atoms with Gasteiger partial charge in [-0.1, -0.05) is 24.4 Å². The van der Waals surface area contributed by atoms with Crippen LogP contribution >= 0.6 is 0 Å². The summed E-state index contributed by atoms with van der Waals surface area (Å²) in [6.45, 7) is 1.23. The number of nitrogens with one attached hydrogen (secondary N) is 1. The standard InChI is InChI=1S/C18H23F2N5O/c19-14-6-7-16(17(20)10-14)18(11-25-13-21-12-23-25)24-26-9-8-22-15-4-2-1-3-5-15/h6-7,10,12-13,15,22H,1-5,8-9,11H2/b24-18-. The van der Waals surface area contributed by atoms with E-state index in [0.29, 0.717) is 24.9 Å². The van der Waals surface area contributed by atoms with E-state index in [0.717, 1.165) is 6.07 Å². The Labute approximate surface area is 151 Å². The summed E-state index contributed by atoms with van der Waals surface area (Å²) in [4.78, 5) is 9.24. The van der Waals surface area contributed by atoms with Crippen molar-refractivity contribution in [2.45, 2.75) is 44.7 Å². The van der Waals surface area contributed by atoms with E-state index < -0.39 is 11.6 Å². The average Bonchev–Trinajstić information content (AvgIpc) is 3.15. The Hall–Kier alpha value is -2.35. The van der Waals surface area contributed by atoms with E-state index in [1.165, 1.54) is 61.6 Å². The van der Waals surface area contributed by atoms with Crippen molar-refractivity contribution in [3.8, 4) is 0 Å². The molecule has 140 valence electrons. The van der Waals surface area contributed by atoms with Crippen LogP contribution in [-0.4, -0.2) is 39.7 Å². The molecule has 1 N–H and O–H groups in total. The van der Waals surface area contributed by atoms with Gasteiger partial charge in [0, 0.05) is 24.2 Å². The van der Waals surface area contributed by atoms with E-state index in [2.05, 4.69) is 20.6 Å². The maximum Gasteiger partial charge on any atom is 0.137 e. The normalized spacial score (nSPS) is 16.0.